The molecule has 0 saturated heterocycles. The van der Waals surface area contributed by atoms with E-state index in [1.165, 1.54) is 17.2 Å². The summed E-state index contributed by atoms with van der Waals surface area (Å²) in [5.74, 6) is -0.0922. The molecular weight excluding hydrogens is 475 g/mol. The number of halogens is 2. The predicted molar refractivity (Wildman–Crippen MR) is 127 cm³/mol. The number of nitrogens with one attached hydrogen (secondary N) is 1. The normalized spacial score (nSPS) is 14.3. The van der Waals surface area contributed by atoms with Gasteiger partial charge in [-0.25, -0.2) is 8.42 Å². The molecule has 0 spiro atoms. The fourth-order valence-corrected chi connectivity index (χ4v) is 6.56. The quantitative estimate of drug-likeness (QED) is 0.490. The largest absolute Gasteiger partial charge is 0.335 e. The molecule has 5 nitrogen and oxygen atoms in total. The van der Waals surface area contributed by atoms with Crippen molar-refractivity contribution in [1.82, 2.24) is 4.90 Å². The summed E-state index contributed by atoms with van der Waals surface area (Å²) in [7, 11) is -3.87. The van der Waals surface area contributed by atoms with Gasteiger partial charge in [-0.05, 0) is 47.9 Å². The van der Waals surface area contributed by atoms with Crippen molar-refractivity contribution in [3.05, 3.63) is 86.5 Å². The van der Waals surface area contributed by atoms with Gasteiger partial charge in [0.1, 0.15) is 9.23 Å². The molecule has 2 heterocycles. The number of anilines is 1. The number of benzene rings is 2. The highest BCUT2D eigenvalue weighted by Gasteiger charge is 2.22. The van der Waals surface area contributed by atoms with E-state index in [9.17, 15) is 13.2 Å². The molecule has 31 heavy (non-hydrogen) atoms. The van der Waals surface area contributed by atoms with Crippen LogP contribution in [0.5, 0.6) is 0 Å². The zero-order chi connectivity index (χ0) is 22.0. The molecule has 0 aliphatic carbocycles. The first-order valence-corrected chi connectivity index (χ1v) is 12.5. The zero-order valence-corrected chi connectivity index (χ0v) is 19.4. The monoisotopic (exact) mass is 492 g/mol. The van der Waals surface area contributed by atoms with E-state index in [2.05, 4.69) is 22.9 Å². The average molecular weight is 493 g/mol. The second kappa shape index (κ2) is 9.04. The van der Waals surface area contributed by atoms with Gasteiger partial charge in [0.2, 0.25) is 0 Å². The number of nitrogens with zero attached hydrogens (tertiary/aromatic N) is 1. The molecule has 160 valence electrons. The second-order valence-electron chi connectivity index (χ2n) is 6.97. The summed E-state index contributed by atoms with van der Waals surface area (Å²) in [4.78, 5) is 14.5. The predicted octanol–water partition coefficient (Wildman–Crippen LogP) is 5.79. The third kappa shape index (κ3) is 4.96. The third-order valence-electron chi connectivity index (χ3n) is 4.94. The maximum Gasteiger partial charge on any atom is 0.264 e. The van der Waals surface area contributed by atoms with E-state index >= 15 is 0 Å². The number of hydrogen-bond acceptors (Lipinski definition) is 4. The van der Waals surface area contributed by atoms with Gasteiger partial charge in [-0.1, -0.05) is 59.6 Å². The number of thiophene rings is 1. The van der Waals surface area contributed by atoms with E-state index in [4.69, 9.17) is 23.2 Å². The SMILES string of the molecule is O=C(c1ccc(NS(=O)(=O)c2cc(Cl)sc2Cl)cc1)N1CC=C(c2ccccc2)CC1. The van der Waals surface area contributed by atoms with Gasteiger partial charge in [0.15, 0.2) is 0 Å². The maximum absolute atomic E-state index is 12.8. The lowest BCUT2D eigenvalue weighted by molar-refractivity contribution is 0.0773. The maximum atomic E-state index is 12.8. The summed E-state index contributed by atoms with van der Waals surface area (Å²) >= 11 is 12.8. The first-order valence-electron chi connectivity index (χ1n) is 9.45. The van der Waals surface area contributed by atoms with Gasteiger partial charge in [-0.3, -0.25) is 9.52 Å². The molecule has 1 amide bonds. The Balaban J connectivity index is 1.43. The Labute approximate surface area is 195 Å². The molecule has 1 N–H and O–H groups in total. The van der Waals surface area contributed by atoms with E-state index in [0.29, 0.717) is 24.3 Å². The van der Waals surface area contributed by atoms with Crippen molar-refractivity contribution in [2.24, 2.45) is 0 Å². The molecule has 0 fully saturated rings. The van der Waals surface area contributed by atoms with Crippen LogP contribution in [-0.4, -0.2) is 32.3 Å². The molecule has 1 aliphatic heterocycles. The highest BCUT2D eigenvalue weighted by atomic mass is 35.5. The van der Waals surface area contributed by atoms with E-state index in [0.717, 1.165) is 17.8 Å². The van der Waals surface area contributed by atoms with Crippen LogP contribution in [-0.2, 0) is 10.0 Å². The highest BCUT2D eigenvalue weighted by Crippen LogP contribution is 2.35. The van der Waals surface area contributed by atoms with Crippen molar-refractivity contribution in [2.75, 3.05) is 17.8 Å². The molecule has 0 unspecified atom stereocenters. The van der Waals surface area contributed by atoms with Gasteiger partial charge in [-0.15, -0.1) is 11.3 Å². The van der Waals surface area contributed by atoms with Gasteiger partial charge in [0, 0.05) is 24.3 Å². The van der Waals surface area contributed by atoms with Crippen LogP contribution < -0.4 is 4.72 Å². The Morgan fingerprint density at radius 1 is 1.03 bits per heavy atom. The summed E-state index contributed by atoms with van der Waals surface area (Å²) < 4.78 is 27.9. The first-order chi connectivity index (χ1) is 14.8. The highest BCUT2D eigenvalue weighted by molar-refractivity contribution is 7.93. The molecular formula is C22H18Cl2N2O3S2. The topological polar surface area (TPSA) is 66.5 Å². The molecule has 0 radical (unpaired) electrons. The molecule has 0 bridgehead atoms. The lowest BCUT2D eigenvalue weighted by Gasteiger charge is -2.27. The number of carbonyl (C=O) groups is 1. The standard InChI is InChI=1S/C22H18Cl2N2O3S2/c23-20-14-19(21(24)30-20)31(28,29)25-18-8-6-17(7-9-18)22(27)26-12-10-16(11-13-26)15-4-2-1-3-5-15/h1-10,14,25H,11-13H2. The fraction of sp³-hybridized carbons (Fsp3) is 0.136. The molecule has 0 atom stereocenters. The second-order valence-corrected chi connectivity index (χ2v) is 10.9. The van der Waals surface area contributed by atoms with E-state index in [1.807, 2.05) is 18.2 Å². The van der Waals surface area contributed by atoms with Crippen LogP contribution in [0.1, 0.15) is 22.3 Å². The average Bonchev–Trinajstić information content (AvgIpc) is 3.13. The summed E-state index contributed by atoms with van der Waals surface area (Å²) in [6, 6.07) is 17.8. The smallest absolute Gasteiger partial charge is 0.264 e. The minimum Gasteiger partial charge on any atom is -0.335 e. The van der Waals surface area contributed by atoms with Crippen molar-refractivity contribution >= 4 is 61.7 Å². The molecule has 0 saturated carbocycles. The fourth-order valence-electron chi connectivity index (χ4n) is 3.35. The van der Waals surface area contributed by atoms with E-state index in [-0.39, 0.29) is 19.5 Å². The van der Waals surface area contributed by atoms with Crippen LogP contribution in [0.4, 0.5) is 5.69 Å². The number of carbonyl (C=O) groups excluding carboxylic acids is 1. The Morgan fingerprint density at radius 3 is 2.32 bits per heavy atom. The number of sulfonamides is 1. The van der Waals surface area contributed by atoms with Crippen molar-refractivity contribution in [3.8, 4) is 0 Å². The van der Waals surface area contributed by atoms with E-state index in [1.54, 1.807) is 29.2 Å². The van der Waals surface area contributed by atoms with Crippen LogP contribution in [0.2, 0.25) is 8.67 Å². The number of hydrogen-bond donors (Lipinski definition) is 1. The number of amides is 1. The molecule has 1 aromatic heterocycles. The Hall–Kier alpha value is -2.32. The van der Waals surface area contributed by atoms with Gasteiger partial charge >= 0.3 is 0 Å². The van der Waals surface area contributed by atoms with E-state index < -0.39 is 10.0 Å². The van der Waals surface area contributed by atoms with Crippen LogP contribution in [0, 0.1) is 0 Å². The van der Waals surface area contributed by atoms with Crippen molar-refractivity contribution < 1.29 is 13.2 Å². The minimum absolute atomic E-state index is 0.0707. The summed E-state index contributed by atoms with van der Waals surface area (Å²) in [5.41, 5.74) is 3.25. The van der Waals surface area contributed by atoms with Crippen molar-refractivity contribution in [1.29, 1.82) is 0 Å². The van der Waals surface area contributed by atoms with Crippen LogP contribution in [0.3, 0.4) is 0 Å². The summed E-state index contributed by atoms with van der Waals surface area (Å²) in [6.45, 7) is 1.17. The minimum atomic E-state index is -3.87. The van der Waals surface area contributed by atoms with Gasteiger partial charge in [-0.2, -0.15) is 0 Å². The number of rotatable bonds is 5. The molecule has 2 aromatic carbocycles. The summed E-state index contributed by atoms with van der Waals surface area (Å²) in [5, 5.41) is 0. The lowest BCUT2D eigenvalue weighted by atomic mass is 9.99. The van der Waals surface area contributed by atoms with Gasteiger partial charge in [0.25, 0.3) is 15.9 Å². The Morgan fingerprint density at radius 2 is 1.74 bits per heavy atom. The van der Waals surface area contributed by atoms with Crippen molar-refractivity contribution in [3.63, 3.8) is 0 Å². The zero-order valence-electron chi connectivity index (χ0n) is 16.2. The summed E-state index contributed by atoms with van der Waals surface area (Å²) in [6.07, 6.45) is 2.87. The third-order valence-corrected chi connectivity index (χ3v) is 8.07. The Kier molecular flexibility index (Phi) is 6.39. The first kappa shape index (κ1) is 21.9. The molecule has 3 aromatic rings. The molecule has 9 heteroatoms. The van der Waals surface area contributed by atoms with Crippen LogP contribution >= 0.6 is 34.5 Å². The van der Waals surface area contributed by atoms with Crippen LogP contribution in [0.15, 0.2) is 71.6 Å². The van der Waals surface area contributed by atoms with Crippen molar-refractivity contribution in [2.45, 2.75) is 11.3 Å². The van der Waals surface area contributed by atoms with Crippen LogP contribution in [0.25, 0.3) is 5.57 Å². The van der Waals surface area contributed by atoms with Gasteiger partial charge < -0.3 is 4.90 Å². The molecule has 1 aliphatic rings. The van der Waals surface area contributed by atoms with Gasteiger partial charge in [0.05, 0.1) is 4.34 Å². The molecule has 4 rings (SSSR count). The Bertz CT molecular complexity index is 1240. The lowest BCUT2D eigenvalue weighted by Crippen LogP contribution is -2.34.